The van der Waals surface area contributed by atoms with Crippen LogP contribution in [0.3, 0.4) is 0 Å². The summed E-state index contributed by atoms with van der Waals surface area (Å²) in [7, 11) is 1.47. The maximum absolute atomic E-state index is 12.7. The second-order valence-corrected chi connectivity index (χ2v) is 10.2. The van der Waals surface area contributed by atoms with E-state index in [1.54, 1.807) is 12.4 Å². The summed E-state index contributed by atoms with van der Waals surface area (Å²) in [6.45, 7) is 6.76. The number of halogens is 1. The predicted molar refractivity (Wildman–Crippen MR) is 146 cm³/mol. The largest absolute Gasteiger partial charge is 0.468 e. The molecular weight excluding hydrogens is 488 g/mol. The number of nitrogens with zero attached hydrogens (tertiary/aromatic N) is 5. The Morgan fingerprint density at radius 1 is 1.16 bits per heavy atom. The van der Waals surface area contributed by atoms with Gasteiger partial charge in [-0.3, -0.25) is 9.80 Å². The molecule has 2 atom stereocenters. The van der Waals surface area contributed by atoms with Crippen LogP contribution in [0.2, 0.25) is 5.02 Å². The molecule has 0 unspecified atom stereocenters. The van der Waals surface area contributed by atoms with Gasteiger partial charge in [0.1, 0.15) is 17.7 Å². The molecule has 0 bridgehead atoms. The first-order valence-electron chi connectivity index (χ1n) is 13.1. The van der Waals surface area contributed by atoms with Crippen molar-refractivity contribution in [1.29, 1.82) is 0 Å². The van der Waals surface area contributed by atoms with Crippen LogP contribution in [0.4, 0.5) is 5.82 Å². The van der Waals surface area contributed by atoms with Crippen LogP contribution < -0.4 is 4.90 Å². The van der Waals surface area contributed by atoms with Crippen LogP contribution in [-0.2, 0) is 9.53 Å². The fourth-order valence-corrected chi connectivity index (χ4v) is 6.13. The van der Waals surface area contributed by atoms with Gasteiger partial charge in [0.25, 0.3) is 0 Å². The zero-order valence-corrected chi connectivity index (χ0v) is 22.3. The van der Waals surface area contributed by atoms with Gasteiger partial charge in [0, 0.05) is 69.0 Å². The molecule has 196 valence electrons. The quantitative estimate of drug-likeness (QED) is 0.461. The number of hydrogen-bond acceptors (Lipinski definition) is 7. The van der Waals surface area contributed by atoms with Gasteiger partial charge >= 0.3 is 5.97 Å². The number of rotatable bonds is 7. The van der Waals surface area contributed by atoms with Gasteiger partial charge in [-0.25, -0.2) is 14.8 Å². The van der Waals surface area contributed by atoms with Crippen LogP contribution in [0.1, 0.15) is 37.8 Å². The number of H-pyrrole nitrogens is 1. The summed E-state index contributed by atoms with van der Waals surface area (Å²) in [5, 5.41) is 0.653. The van der Waals surface area contributed by atoms with Gasteiger partial charge in [0.2, 0.25) is 0 Å². The molecule has 37 heavy (non-hydrogen) atoms. The summed E-state index contributed by atoms with van der Waals surface area (Å²) in [4.78, 5) is 32.1. The van der Waals surface area contributed by atoms with Crippen molar-refractivity contribution < 1.29 is 9.53 Å². The molecule has 3 aromatic rings. The molecule has 1 N–H and O–H groups in total. The molecule has 0 aliphatic carbocycles. The standard InChI is InChI=1S/C28H35ClN6O2/c1-3-22-19-34(27-24(29)17-21(18-32-27)26-30-11-12-31-26)15-16-35(22)23-9-13-33(14-10-23)25(28(36)37-2)20-7-5-4-6-8-20/h4-8,11-12,17-18,22-23,25H,3,9-10,13-16,19H2,1-2H3,(H,30,31)/t22-,25+/m0/s1. The molecule has 1 aromatic carbocycles. The number of ether oxygens (including phenoxy) is 1. The summed E-state index contributed by atoms with van der Waals surface area (Å²) in [6, 6.07) is 12.5. The molecule has 2 saturated heterocycles. The van der Waals surface area contributed by atoms with E-state index in [9.17, 15) is 4.79 Å². The van der Waals surface area contributed by atoms with E-state index < -0.39 is 0 Å². The highest BCUT2D eigenvalue weighted by molar-refractivity contribution is 6.33. The van der Waals surface area contributed by atoms with Crippen LogP contribution in [0, 0.1) is 0 Å². The second kappa shape index (κ2) is 11.6. The lowest BCUT2D eigenvalue weighted by Gasteiger charge is -2.48. The first kappa shape index (κ1) is 25.7. The van der Waals surface area contributed by atoms with Crippen molar-refractivity contribution in [1.82, 2.24) is 24.8 Å². The Hall–Kier alpha value is -2.94. The molecule has 2 fully saturated rings. The van der Waals surface area contributed by atoms with E-state index in [-0.39, 0.29) is 12.0 Å². The molecule has 2 aliphatic rings. The summed E-state index contributed by atoms with van der Waals surface area (Å²) >= 11 is 6.69. The van der Waals surface area contributed by atoms with Gasteiger partial charge in [-0.15, -0.1) is 0 Å². The van der Waals surface area contributed by atoms with E-state index in [1.807, 2.05) is 42.6 Å². The van der Waals surface area contributed by atoms with Crippen LogP contribution in [-0.4, -0.2) is 82.6 Å². The minimum absolute atomic E-state index is 0.188. The average molecular weight is 523 g/mol. The normalized spacial score (nSPS) is 20.6. The Morgan fingerprint density at radius 3 is 2.59 bits per heavy atom. The number of aromatic amines is 1. The number of benzene rings is 1. The Labute approximate surface area is 223 Å². The molecule has 2 aliphatic heterocycles. The molecule has 0 radical (unpaired) electrons. The third kappa shape index (κ3) is 5.51. The number of hydrogen-bond donors (Lipinski definition) is 1. The van der Waals surface area contributed by atoms with Crippen molar-refractivity contribution in [3.63, 3.8) is 0 Å². The van der Waals surface area contributed by atoms with E-state index in [0.29, 0.717) is 17.1 Å². The lowest BCUT2D eigenvalue weighted by molar-refractivity contribution is -0.148. The van der Waals surface area contributed by atoms with Crippen molar-refractivity contribution in [2.75, 3.05) is 44.7 Å². The minimum Gasteiger partial charge on any atom is -0.468 e. The lowest BCUT2D eigenvalue weighted by atomic mass is 9.95. The van der Waals surface area contributed by atoms with Gasteiger partial charge in [-0.1, -0.05) is 48.9 Å². The molecule has 5 rings (SSSR count). The first-order chi connectivity index (χ1) is 18.1. The number of anilines is 1. The van der Waals surface area contributed by atoms with Gasteiger partial charge in [-0.05, 0) is 30.9 Å². The van der Waals surface area contributed by atoms with Crippen LogP contribution in [0.5, 0.6) is 0 Å². The second-order valence-electron chi connectivity index (χ2n) is 9.82. The van der Waals surface area contributed by atoms with Crippen molar-refractivity contribution >= 4 is 23.4 Å². The van der Waals surface area contributed by atoms with Crippen molar-refractivity contribution in [3.05, 3.63) is 65.6 Å². The number of methoxy groups -OCH3 is 1. The molecular formula is C28H35ClN6O2. The number of pyridine rings is 1. The lowest BCUT2D eigenvalue weighted by Crippen LogP contribution is -2.58. The summed E-state index contributed by atoms with van der Waals surface area (Å²) in [6.07, 6.45) is 8.50. The monoisotopic (exact) mass is 522 g/mol. The van der Waals surface area contributed by atoms with E-state index in [2.05, 4.69) is 31.6 Å². The first-order valence-corrected chi connectivity index (χ1v) is 13.5. The van der Waals surface area contributed by atoms with Crippen LogP contribution in [0.15, 0.2) is 55.0 Å². The SMILES string of the molecule is CC[C@H]1CN(c2ncc(-c3ncc[nH]3)cc2Cl)CCN1C1CCN([C@@H](C(=O)OC)c2ccccc2)CC1. The van der Waals surface area contributed by atoms with E-state index in [4.69, 9.17) is 21.3 Å². The number of nitrogens with one attached hydrogen (secondary N) is 1. The molecule has 2 aromatic heterocycles. The van der Waals surface area contributed by atoms with Gasteiger partial charge in [0.15, 0.2) is 0 Å². The highest BCUT2D eigenvalue weighted by atomic mass is 35.5. The van der Waals surface area contributed by atoms with Gasteiger partial charge in [-0.2, -0.15) is 0 Å². The number of aromatic nitrogens is 3. The van der Waals surface area contributed by atoms with E-state index in [1.165, 1.54) is 7.11 Å². The Morgan fingerprint density at radius 2 is 1.95 bits per heavy atom. The van der Waals surface area contributed by atoms with E-state index >= 15 is 0 Å². The molecule has 8 nitrogen and oxygen atoms in total. The van der Waals surface area contributed by atoms with Crippen molar-refractivity contribution in [2.24, 2.45) is 0 Å². The zero-order chi connectivity index (χ0) is 25.8. The van der Waals surface area contributed by atoms with Gasteiger partial charge < -0.3 is 14.6 Å². The zero-order valence-electron chi connectivity index (χ0n) is 21.5. The van der Waals surface area contributed by atoms with Gasteiger partial charge in [0.05, 0.1) is 12.1 Å². The van der Waals surface area contributed by atoms with E-state index in [0.717, 1.165) is 74.8 Å². The van der Waals surface area contributed by atoms with Crippen LogP contribution in [0.25, 0.3) is 11.4 Å². The Bertz CT molecular complexity index is 1170. The average Bonchev–Trinajstić information content (AvgIpc) is 3.49. The smallest absolute Gasteiger partial charge is 0.327 e. The fourth-order valence-electron chi connectivity index (χ4n) is 5.84. The number of piperidine rings is 1. The maximum atomic E-state index is 12.7. The number of imidazole rings is 1. The number of carbonyl (C=O) groups excluding carboxylic acids is 1. The molecule has 9 heteroatoms. The maximum Gasteiger partial charge on any atom is 0.327 e. The molecule has 4 heterocycles. The van der Waals surface area contributed by atoms with Crippen molar-refractivity contribution in [3.8, 4) is 11.4 Å². The summed E-state index contributed by atoms with van der Waals surface area (Å²) in [5.41, 5.74) is 1.88. The summed E-state index contributed by atoms with van der Waals surface area (Å²) < 4.78 is 5.17. The fraction of sp³-hybridized carbons (Fsp3) is 0.464. The van der Waals surface area contributed by atoms with Crippen LogP contribution >= 0.6 is 11.6 Å². The Kier molecular flexibility index (Phi) is 8.08. The molecule has 0 saturated carbocycles. The number of carbonyl (C=O) groups is 1. The minimum atomic E-state index is -0.344. The summed E-state index contributed by atoms with van der Waals surface area (Å²) in [5.74, 6) is 1.42. The number of piperazine rings is 1. The third-order valence-electron chi connectivity index (χ3n) is 7.77. The highest BCUT2D eigenvalue weighted by Gasteiger charge is 2.37. The molecule has 0 amide bonds. The Balaban J connectivity index is 1.23. The number of likely N-dealkylation sites (tertiary alicyclic amines) is 1. The highest BCUT2D eigenvalue weighted by Crippen LogP contribution is 2.32. The van der Waals surface area contributed by atoms with Crippen molar-refractivity contribution in [2.45, 2.75) is 44.3 Å². The molecule has 0 spiro atoms. The third-order valence-corrected chi connectivity index (χ3v) is 8.04. The predicted octanol–water partition coefficient (Wildman–Crippen LogP) is 4.40. The topological polar surface area (TPSA) is 77.6 Å². The number of esters is 1.